The van der Waals surface area contributed by atoms with Gasteiger partial charge in [-0.25, -0.2) is 0 Å². The van der Waals surface area contributed by atoms with E-state index in [0.717, 1.165) is 12.8 Å². The van der Waals surface area contributed by atoms with Crippen LogP contribution >= 0.6 is 0 Å². The van der Waals surface area contributed by atoms with Gasteiger partial charge in [0.05, 0.1) is 15.7 Å². The maximum absolute atomic E-state index is 12.5. The number of benzene rings is 1. The molecule has 22 heavy (non-hydrogen) atoms. The van der Waals surface area contributed by atoms with Crippen LogP contribution in [0.1, 0.15) is 12.8 Å². The largest absolute Gasteiger partial charge is 0.437 e. The molecule has 0 atom stereocenters. The number of para-hydroxylation sites is 1. The zero-order valence-electron chi connectivity index (χ0n) is 11.4. The van der Waals surface area contributed by atoms with E-state index in [-0.39, 0.29) is 34.1 Å². The third kappa shape index (κ3) is 1.98. The fourth-order valence-electron chi connectivity index (χ4n) is 2.39. The van der Waals surface area contributed by atoms with Crippen LogP contribution in [0, 0.1) is 10.1 Å². The van der Waals surface area contributed by atoms with E-state index in [0.29, 0.717) is 11.0 Å². The Labute approximate surface area is 123 Å². The second kappa shape index (κ2) is 4.52. The van der Waals surface area contributed by atoms with Crippen LogP contribution in [0.2, 0.25) is 0 Å². The number of fused-ring (bicyclic) bond motifs is 2. The maximum atomic E-state index is 12.5. The standard InChI is InChI=1S/C15H11N3O4/c19-13-9-3-1-2-4-12(9)22-15-10(13)7-11(18(20)21)14(17-15)16-8-5-6-8/h1-4,7-8H,5-6H2,(H,16,17). The van der Waals surface area contributed by atoms with Gasteiger partial charge >= 0.3 is 5.69 Å². The highest BCUT2D eigenvalue weighted by Gasteiger charge is 2.27. The Hall–Kier alpha value is -2.96. The van der Waals surface area contributed by atoms with Crippen LogP contribution in [0.4, 0.5) is 11.5 Å². The molecule has 1 aliphatic carbocycles. The van der Waals surface area contributed by atoms with Gasteiger partial charge in [0.15, 0.2) is 0 Å². The minimum atomic E-state index is -0.536. The van der Waals surface area contributed by atoms with Crippen molar-refractivity contribution in [3.63, 3.8) is 0 Å². The Bertz CT molecular complexity index is 976. The fourth-order valence-corrected chi connectivity index (χ4v) is 2.39. The predicted octanol–water partition coefficient (Wildman–Crippen LogP) is 2.82. The summed E-state index contributed by atoms with van der Waals surface area (Å²) in [6, 6.07) is 8.22. The molecule has 3 aromatic rings. The zero-order valence-corrected chi connectivity index (χ0v) is 11.4. The molecule has 0 amide bonds. The number of pyridine rings is 1. The second-order valence-corrected chi connectivity index (χ2v) is 5.31. The molecule has 7 nitrogen and oxygen atoms in total. The molecule has 0 spiro atoms. The van der Waals surface area contributed by atoms with Gasteiger partial charge in [-0.05, 0) is 25.0 Å². The van der Waals surface area contributed by atoms with Crippen LogP contribution in [0.5, 0.6) is 0 Å². The van der Waals surface area contributed by atoms with Gasteiger partial charge < -0.3 is 9.73 Å². The molecule has 0 unspecified atom stereocenters. The third-order valence-corrected chi connectivity index (χ3v) is 3.67. The molecule has 2 heterocycles. The number of anilines is 1. The van der Waals surface area contributed by atoms with Gasteiger partial charge in [0.1, 0.15) is 5.58 Å². The minimum absolute atomic E-state index is 0.109. The third-order valence-electron chi connectivity index (χ3n) is 3.67. The molecule has 1 aromatic carbocycles. The van der Waals surface area contributed by atoms with Crippen molar-refractivity contribution in [3.8, 4) is 0 Å². The Kier molecular flexibility index (Phi) is 2.62. The summed E-state index contributed by atoms with van der Waals surface area (Å²) in [5, 5.41) is 14.7. The van der Waals surface area contributed by atoms with Crippen molar-refractivity contribution in [2.24, 2.45) is 0 Å². The van der Waals surface area contributed by atoms with E-state index >= 15 is 0 Å². The van der Waals surface area contributed by atoms with Crippen molar-refractivity contribution >= 4 is 33.6 Å². The molecule has 110 valence electrons. The van der Waals surface area contributed by atoms with Gasteiger partial charge in [0, 0.05) is 12.1 Å². The van der Waals surface area contributed by atoms with Crippen LogP contribution in [0.3, 0.4) is 0 Å². The number of aromatic nitrogens is 1. The first kappa shape index (κ1) is 12.8. The van der Waals surface area contributed by atoms with E-state index in [9.17, 15) is 14.9 Å². The summed E-state index contributed by atoms with van der Waals surface area (Å²) in [5.41, 5.74) is 0.00331. The highest BCUT2D eigenvalue weighted by atomic mass is 16.6. The summed E-state index contributed by atoms with van der Waals surface area (Å²) in [6.07, 6.45) is 1.91. The molecule has 0 aliphatic heterocycles. The van der Waals surface area contributed by atoms with E-state index < -0.39 is 4.92 Å². The molecule has 4 rings (SSSR count). The van der Waals surface area contributed by atoms with Crippen molar-refractivity contribution in [1.82, 2.24) is 4.98 Å². The summed E-state index contributed by atoms with van der Waals surface area (Å²) >= 11 is 0. The van der Waals surface area contributed by atoms with E-state index in [1.807, 2.05) is 0 Å². The van der Waals surface area contributed by atoms with E-state index in [1.165, 1.54) is 6.07 Å². The highest BCUT2D eigenvalue weighted by Crippen LogP contribution is 2.31. The molecule has 0 radical (unpaired) electrons. The van der Waals surface area contributed by atoms with Gasteiger partial charge in [-0.1, -0.05) is 12.1 Å². The SMILES string of the molecule is O=c1c2ccccc2oc2nc(NC3CC3)c([N+](=O)[O-])cc12. The molecule has 0 saturated heterocycles. The van der Waals surface area contributed by atoms with Crippen molar-refractivity contribution in [2.75, 3.05) is 5.32 Å². The van der Waals surface area contributed by atoms with Crippen molar-refractivity contribution in [3.05, 3.63) is 50.7 Å². The predicted molar refractivity (Wildman–Crippen MR) is 81.1 cm³/mol. The molecule has 1 saturated carbocycles. The van der Waals surface area contributed by atoms with Crippen molar-refractivity contribution < 1.29 is 9.34 Å². The minimum Gasteiger partial charge on any atom is -0.437 e. The Morgan fingerprint density at radius 1 is 1.27 bits per heavy atom. The van der Waals surface area contributed by atoms with E-state index in [4.69, 9.17) is 4.42 Å². The van der Waals surface area contributed by atoms with Crippen LogP contribution in [-0.2, 0) is 0 Å². The molecular weight excluding hydrogens is 286 g/mol. The van der Waals surface area contributed by atoms with Gasteiger partial charge in [-0.2, -0.15) is 4.98 Å². The van der Waals surface area contributed by atoms with Gasteiger partial charge in [-0.3, -0.25) is 14.9 Å². The van der Waals surface area contributed by atoms with Gasteiger partial charge in [0.25, 0.3) is 0 Å². The smallest absolute Gasteiger partial charge is 0.312 e. The second-order valence-electron chi connectivity index (χ2n) is 5.31. The number of rotatable bonds is 3. The Morgan fingerprint density at radius 3 is 2.77 bits per heavy atom. The van der Waals surface area contributed by atoms with Gasteiger partial charge in [0.2, 0.25) is 17.0 Å². The number of nitro groups is 1. The quantitative estimate of drug-likeness (QED) is 0.453. The summed E-state index contributed by atoms with van der Waals surface area (Å²) in [5.74, 6) is 0.151. The number of nitrogens with one attached hydrogen (secondary N) is 1. The lowest BCUT2D eigenvalue weighted by Crippen LogP contribution is -2.09. The van der Waals surface area contributed by atoms with Gasteiger partial charge in [-0.15, -0.1) is 0 Å². The average molecular weight is 297 g/mol. The molecule has 7 heteroatoms. The molecule has 1 fully saturated rings. The monoisotopic (exact) mass is 297 g/mol. The first-order chi connectivity index (χ1) is 10.6. The van der Waals surface area contributed by atoms with Crippen LogP contribution in [0.15, 0.2) is 39.5 Å². The van der Waals surface area contributed by atoms with E-state index in [2.05, 4.69) is 10.3 Å². The molecule has 1 N–H and O–H groups in total. The molecule has 1 aliphatic rings. The zero-order chi connectivity index (χ0) is 15.3. The summed E-state index contributed by atoms with van der Waals surface area (Å²) in [7, 11) is 0. The fraction of sp³-hybridized carbons (Fsp3) is 0.200. The average Bonchev–Trinajstić information content (AvgIpc) is 3.31. The lowest BCUT2D eigenvalue weighted by molar-refractivity contribution is -0.384. The first-order valence-corrected chi connectivity index (χ1v) is 6.91. The number of nitrogens with zero attached hydrogens (tertiary/aromatic N) is 2. The lowest BCUT2D eigenvalue weighted by Gasteiger charge is -2.06. The molecule has 0 bridgehead atoms. The summed E-state index contributed by atoms with van der Waals surface area (Å²) in [6.45, 7) is 0. The van der Waals surface area contributed by atoms with Crippen LogP contribution < -0.4 is 10.7 Å². The molecular formula is C15H11N3O4. The number of hydrogen-bond acceptors (Lipinski definition) is 6. The highest BCUT2D eigenvalue weighted by molar-refractivity contribution is 5.90. The van der Waals surface area contributed by atoms with Crippen LogP contribution in [0.25, 0.3) is 22.1 Å². The maximum Gasteiger partial charge on any atom is 0.312 e. The first-order valence-electron chi connectivity index (χ1n) is 6.91. The Balaban J connectivity index is 2.04. The normalized spacial score (nSPS) is 14.4. The summed E-state index contributed by atoms with van der Waals surface area (Å²) < 4.78 is 5.63. The Morgan fingerprint density at radius 2 is 2.05 bits per heavy atom. The summed E-state index contributed by atoms with van der Waals surface area (Å²) in [4.78, 5) is 27.3. The lowest BCUT2D eigenvalue weighted by atomic mass is 10.2. The van der Waals surface area contributed by atoms with Crippen molar-refractivity contribution in [1.29, 1.82) is 0 Å². The van der Waals surface area contributed by atoms with Crippen LogP contribution in [-0.4, -0.2) is 15.9 Å². The topological polar surface area (TPSA) is 98.3 Å². The molecule has 2 aromatic heterocycles. The van der Waals surface area contributed by atoms with Crippen molar-refractivity contribution in [2.45, 2.75) is 18.9 Å². The number of hydrogen-bond donors (Lipinski definition) is 1. The van der Waals surface area contributed by atoms with E-state index in [1.54, 1.807) is 24.3 Å².